The van der Waals surface area contributed by atoms with Crippen molar-refractivity contribution < 1.29 is 28.6 Å². The maximum absolute atomic E-state index is 12.4. The Labute approximate surface area is 176 Å². The second-order valence-electron chi connectivity index (χ2n) is 6.47. The average molecular weight is 413 g/mol. The lowest BCUT2D eigenvalue weighted by molar-refractivity contribution is -0.127. The van der Waals surface area contributed by atoms with Crippen molar-refractivity contribution in [3.8, 4) is 5.75 Å². The van der Waals surface area contributed by atoms with Gasteiger partial charge in [0.1, 0.15) is 5.75 Å². The van der Waals surface area contributed by atoms with Gasteiger partial charge in [-0.05, 0) is 51.0 Å². The fourth-order valence-electron chi connectivity index (χ4n) is 2.71. The van der Waals surface area contributed by atoms with Crippen molar-refractivity contribution >= 4 is 17.8 Å². The molecule has 0 bridgehead atoms. The quantitative estimate of drug-likeness (QED) is 0.602. The summed E-state index contributed by atoms with van der Waals surface area (Å²) in [6, 6.07) is 14.1. The van der Waals surface area contributed by atoms with Crippen molar-refractivity contribution in [2.24, 2.45) is 0 Å². The van der Waals surface area contributed by atoms with Crippen LogP contribution < -0.4 is 10.1 Å². The summed E-state index contributed by atoms with van der Waals surface area (Å²) in [4.78, 5) is 36.6. The van der Waals surface area contributed by atoms with Crippen LogP contribution in [-0.4, -0.2) is 43.7 Å². The molecule has 0 aliphatic heterocycles. The fraction of sp³-hybridized carbons (Fsp3) is 0.348. The summed E-state index contributed by atoms with van der Waals surface area (Å²) in [5.74, 6) is -1.28. The summed E-state index contributed by atoms with van der Waals surface area (Å²) in [7, 11) is 0. The minimum atomic E-state index is -0.826. The van der Waals surface area contributed by atoms with Crippen LogP contribution in [0.2, 0.25) is 0 Å². The first-order chi connectivity index (χ1) is 14.4. The average Bonchev–Trinajstić information content (AvgIpc) is 2.74. The van der Waals surface area contributed by atoms with E-state index in [2.05, 4.69) is 5.32 Å². The van der Waals surface area contributed by atoms with Crippen LogP contribution in [0.4, 0.5) is 0 Å². The molecule has 0 aliphatic carbocycles. The molecule has 7 heteroatoms. The number of nitrogens with one attached hydrogen (secondary N) is 1. The molecule has 0 aliphatic rings. The smallest absolute Gasteiger partial charge is 0.338 e. The summed E-state index contributed by atoms with van der Waals surface area (Å²) >= 11 is 0. The number of esters is 2. The molecule has 1 atom stereocenters. The SMILES string of the molecule is CCOC(=O)c1cc(O[C@@H](C)C(=O)NCCc2ccccc2)cc(C(=O)OCC)c1. The molecule has 2 aromatic rings. The molecule has 30 heavy (non-hydrogen) atoms. The lowest BCUT2D eigenvalue weighted by Gasteiger charge is -2.16. The molecular formula is C23H27NO6. The molecule has 0 unspecified atom stereocenters. The van der Waals surface area contributed by atoms with Gasteiger partial charge in [0.15, 0.2) is 6.10 Å². The number of carbonyl (C=O) groups excluding carboxylic acids is 3. The van der Waals surface area contributed by atoms with E-state index in [-0.39, 0.29) is 36.0 Å². The Bertz CT molecular complexity index is 829. The van der Waals surface area contributed by atoms with Crippen LogP contribution in [0, 0.1) is 0 Å². The van der Waals surface area contributed by atoms with Crippen molar-refractivity contribution in [1.29, 1.82) is 0 Å². The van der Waals surface area contributed by atoms with Gasteiger partial charge in [0.25, 0.3) is 5.91 Å². The number of rotatable bonds is 10. The molecule has 0 aromatic heterocycles. The summed E-state index contributed by atoms with van der Waals surface area (Å²) < 4.78 is 15.7. The minimum absolute atomic E-state index is 0.147. The second-order valence-corrected chi connectivity index (χ2v) is 6.47. The number of amides is 1. The van der Waals surface area contributed by atoms with Gasteiger partial charge in [0, 0.05) is 6.54 Å². The summed E-state index contributed by atoms with van der Waals surface area (Å²) in [5, 5.41) is 2.82. The topological polar surface area (TPSA) is 90.9 Å². The molecule has 0 spiro atoms. The van der Waals surface area contributed by atoms with E-state index in [9.17, 15) is 14.4 Å². The van der Waals surface area contributed by atoms with Crippen molar-refractivity contribution in [1.82, 2.24) is 5.32 Å². The van der Waals surface area contributed by atoms with Crippen LogP contribution in [0.15, 0.2) is 48.5 Å². The predicted molar refractivity (Wildman–Crippen MR) is 112 cm³/mol. The Kier molecular flexibility index (Phi) is 8.87. The van der Waals surface area contributed by atoms with E-state index in [1.54, 1.807) is 20.8 Å². The van der Waals surface area contributed by atoms with Crippen LogP contribution in [0.1, 0.15) is 47.1 Å². The minimum Gasteiger partial charge on any atom is -0.481 e. The fourth-order valence-corrected chi connectivity index (χ4v) is 2.71. The Hall–Kier alpha value is -3.35. The molecule has 0 fully saturated rings. The van der Waals surface area contributed by atoms with Gasteiger partial charge in [0.2, 0.25) is 0 Å². The standard InChI is InChI=1S/C23H27NO6/c1-4-28-22(26)18-13-19(23(27)29-5-2)15-20(14-18)30-16(3)21(25)24-12-11-17-9-7-6-8-10-17/h6-10,13-16H,4-5,11-12H2,1-3H3,(H,24,25)/t16-/m0/s1. The first kappa shape index (κ1) is 22.9. The van der Waals surface area contributed by atoms with E-state index in [4.69, 9.17) is 14.2 Å². The van der Waals surface area contributed by atoms with Crippen LogP contribution in [0.25, 0.3) is 0 Å². The highest BCUT2D eigenvalue weighted by molar-refractivity contribution is 5.96. The molecule has 2 rings (SSSR count). The Morgan fingerprint density at radius 2 is 1.47 bits per heavy atom. The first-order valence-corrected chi connectivity index (χ1v) is 9.92. The van der Waals surface area contributed by atoms with Gasteiger partial charge in [-0.15, -0.1) is 0 Å². The zero-order valence-corrected chi connectivity index (χ0v) is 17.5. The molecule has 0 saturated carbocycles. The highest BCUT2D eigenvalue weighted by Crippen LogP contribution is 2.20. The van der Waals surface area contributed by atoms with Gasteiger partial charge in [-0.25, -0.2) is 9.59 Å². The molecule has 2 aromatic carbocycles. The highest BCUT2D eigenvalue weighted by Gasteiger charge is 2.19. The van der Waals surface area contributed by atoms with E-state index < -0.39 is 18.0 Å². The molecule has 1 N–H and O–H groups in total. The highest BCUT2D eigenvalue weighted by atomic mass is 16.5. The third kappa shape index (κ3) is 6.92. The zero-order valence-electron chi connectivity index (χ0n) is 17.5. The third-order valence-electron chi connectivity index (χ3n) is 4.17. The van der Waals surface area contributed by atoms with E-state index in [1.807, 2.05) is 30.3 Å². The Morgan fingerprint density at radius 3 is 2.00 bits per heavy atom. The summed E-state index contributed by atoms with van der Waals surface area (Å²) in [5.41, 5.74) is 1.41. The maximum atomic E-state index is 12.4. The van der Waals surface area contributed by atoms with Crippen LogP contribution in [0.3, 0.4) is 0 Å². The molecule has 0 saturated heterocycles. The lowest BCUT2D eigenvalue weighted by atomic mass is 10.1. The second kappa shape index (κ2) is 11.6. The lowest BCUT2D eigenvalue weighted by Crippen LogP contribution is -2.37. The van der Waals surface area contributed by atoms with Crippen LogP contribution in [0.5, 0.6) is 5.75 Å². The van der Waals surface area contributed by atoms with Crippen molar-refractivity contribution in [2.45, 2.75) is 33.3 Å². The Balaban J connectivity index is 2.05. The zero-order chi connectivity index (χ0) is 21.9. The molecule has 7 nitrogen and oxygen atoms in total. The monoisotopic (exact) mass is 413 g/mol. The maximum Gasteiger partial charge on any atom is 0.338 e. The normalized spacial score (nSPS) is 11.3. The first-order valence-electron chi connectivity index (χ1n) is 9.92. The van der Waals surface area contributed by atoms with Gasteiger partial charge < -0.3 is 19.5 Å². The molecule has 160 valence electrons. The number of hydrogen-bond donors (Lipinski definition) is 1. The van der Waals surface area contributed by atoms with Gasteiger partial charge in [-0.2, -0.15) is 0 Å². The van der Waals surface area contributed by atoms with E-state index in [1.165, 1.54) is 18.2 Å². The van der Waals surface area contributed by atoms with Gasteiger partial charge in [-0.1, -0.05) is 30.3 Å². The number of hydrogen-bond acceptors (Lipinski definition) is 6. The van der Waals surface area contributed by atoms with E-state index in [0.717, 1.165) is 5.56 Å². The third-order valence-corrected chi connectivity index (χ3v) is 4.17. The van der Waals surface area contributed by atoms with Crippen LogP contribution in [-0.2, 0) is 20.7 Å². The van der Waals surface area contributed by atoms with Crippen molar-refractivity contribution in [3.05, 3.63) is 65.2 Å². The van der Waals surface area contributed by atoms with Crippen LogP contribution >= 0.6 is 0 Å². The van der Waals surface area contributed by atoms with Gasteiger partial charge in [0.05, 0.1) is 24.3 Å². The number of ether oxygens (including phenoxy) is 3. The molecule has 1 amide bonds. The van der Waals surface area contributed by atoms with Gasteiger partial charge >= 0.3 is 11.9 Å². The van der Waals surface area contributed by atoms with Gasteiger partial charge in [-0.3, -0.25) is 4.79 Å². The molecular weight excluding hydrogens is 386 g/mol. The summed E-state index contributed by atoms with van der Waals surface area (Å²) in [6.45, 7) is 5.82. The predicted octanol–water partition coefficient (Wildman–Crippen LogP) is 3.17. The largest absolute Gasteiger partial charge is 0.481 e. The Morgan fingerprint density at radius 1 is 0.900 bits per heavy atom. The molecule has 0 radical (unpaired) electrons. The van der Waals surface area contributed by atoms with E-state index in [0.29, 0.717) is 13.0 Å². The molecule has 0 heterocycles. The van der Waals surface area contributed by atoms with Crippen molar-refractivity contribution in [2.75, 3.05) is 19.8 Å². The van der Waals surface area contributed by atoms with Crippen molar-refractivity contribution in [3.63, 3.8) is 0 Å². The summed E-state index contributed by atoms with van der Waals surface area (Å²) in [6.07, 6.45) is -0.127. The number of carbonyl (C=O) groups is 3. The number of benzene rings is 2. The van der Waals surface area contributed by atoms with E-state index >= 15 is 0 Å².